The van der Waals surface area contributed by atoms with E-state index in [1.165, 1.54) is 66.4 Å². The molecule has 1 N–H and O–H groups in total. The normalized spacial score (nSPS) is 11.8. The minimum absolute atomic E-state index is 0. The quantitative estimate of drug-likeness (QED) is 0.0891. The predicted molar refractivity (Wildman–Crippen MR) is 235 cm³/mol. The number of fused-ring (bicyclic) bond motifs is 2. The van der Waals surface area contributed by atoms with Gasteiger partial charge in [-0.15, -0.1) is 5.39 Å². The maximum Gasteiger partial charge on any atom is 0.161 e. The molecular formula is C50H53IrN2O2S-. The van der Waals surface area contributed by atoms with Crippen molar-refractivity contribution < 1.29 is 30.0 Å². The second-order valence-electron chi connectivity index (χ2n) is 15.8. The maximum absolute atomic E-state index is 11.0. The molecule has 0 bridgehead atoms. The van der Waals surface area contributed by atoms with Crippen molar-refractivity contribution in [1.29, 1.82) is 0 Å². The van der Waals surface area contributed by atoms with Crippen molar-refractivity contribution in [3.8, 4) is 39.3 Å². The van der Waals surface area contributed by atoms with Gasteiger partial charge < -0.3 is 9.67 Å². The van der Waals surface area contributed by atoms with E-state index in [2.05, 4.69) is 155 Å². The first kappa shape index (κ1) is 42.5. The monoisotopic (exact) mass is 938 g/mol. The largest absolute Gasteiger partial charge is 0.512 e. The van der Waals surface area contributed by atoms with Crippen LogP contribution in [0.4, 0.5) is 0 Å². The van der Waals surface area contributed by atoms with Crippen molar-refractivity contribution in [2.45, 2.75) is 81.1 Å². The van der Waals surface area contributed by atoms with E-state index in [4.69, 9.17) is 4.98 Å². The number of ketones is 1. The van der Waals surface area contributed by atoms with Crippen molar-refractivity contribution in [1.82, 2.24) is 9.55 Å². The van der Waals surface area contributed by atoms with Crippen molar-refractivity contribution in [3.05, 3.63) is 143 Å². The molecule has 0 spiro atoms. The van der Waals surface area contributed by atoms with Gasteiger partial charge in [-0.3, -0.25) is 21.1 Å². The molecule has 0 aliphatic rings. The summed E-state index contributed by atoms with van der Waals surface area (Å²) >= 11 is 1.68. The average molecular weight is 938 g/mol. The summed E-state index contributed by atoms with van der Waals surface area (Å²) in [7, 11) is 0. The van der Waals surface area contributed by atoms with Crippen LogP contribution >= 0.6 is 11.3 Å². The number of carbonyl (C=O) groups excluding carboxylic acids is 1. The van der Waals surface area contributed by atoms with Crippen LogP contribution in [0.15, 0.2) is 115 Å². The molecule has 0 fully saturated rings. The fraction of sp³-hybridized carbons (Fsp3) is 0.280. The molecule has 7 rings (SSSR count). The van der Waals surface area contributed by atoms with Gasteiger partial charge in [0.25, 0.3) is 0 Å². The molecule has 0 aliphatic carbocycles. The maximum atomic E-state index is 11.0. The van der Waals surface area contributed by atoms with Crippen molar-refractivity contribution in [3.63, 3.8) is 0 Å². The number of rotatable bonds is 9. The number of allylic oxidation sites excluding steroid dienone is 2. The SMILES string of the molecule is CC(C)C(=O)/C=C(\O)C(C)C.Cc1cccc(C)c1-c1ccc2s[c-]c(-c3nc4ccccc4n3-c3c(C(C)C)cc(-c4ccccc4)cc3C(C)C)c2c1.[Ir]. The van der Waals surface area contributed by atoms with Crippen LogP contribution in [0.3, 0.4) is 0 Å². The number of aliphatic hydroxyl groups excluding tert-OH is 1. The average Bonchev–Trinajstić information content (AvgIpc) is 3.75. The summed E-state index contributed by atoms with van der Waals surface area (Å²) in [4.78, 5) is 16.4. The van der Waals surface area contributed by atoms with E-state index in [9.17, 15) is 9.90 Å². The molecule has 56 heavy (non-hydrogen) atoms. The minimum atomic E-state index is -0.0316. The standard InChI is InChI=1S/C41H37N2S.C9H16O2.Ir/c1-25(2)32-22-31(29-15-8-7-9-16-29)23-33(26(3)4)40(32)43-37-18-11-10-17-36(37)42-41(43)35-24-44-38-20-19-30(21-34(35)38)39-27(5)13-12-14-28(39)6;1-6(2)8(10)5-9(11)7(3)4;/h7-23,25-26H,1-6H3;5-7,10H,1-4H3;/q-1;;/b;8-5-;. The van der Waals surface area contributed by atoms with Crippen molar-refractivity contribution >= 4 is 38.2 Å². The van der Waals surface area contributed by atoms with Crippen molar-refractivity contribution in [2.75, 3.05) is 0 Å². The molecule has 2 heterocycles. The number of para-hydroxylation sites is 2. The van der Waals surface area contributed by atoms with Crippen LogP contribution in [-0.4, -0.2) is 20.4 Å². The molecule has 0 aliphatic heterocycles. The number of benzene rings is 5. The summed E-state index contributed by atoms with van der Waals surface area (Å²) < 4.78 is 3.65. The van der Waals surface area contributed by atoms with Gasteiger partial charge in [0, 0.05) is 43.7 Å². The Morgan fingerprint density at radius 2 is 1.32 bits per heavy atom. The Balaban J connectivity index is 0.000000439. The molecule has 0 amide bonds. The first-order valence-corrected chi connectivity index (χ1v) is 20.2. The molecular weight excluding hydrogens is 885 g/mol. The van der Waals surface area contributed by atoms with Gasteiger partial charge in [-0.05, 0) is 94.5 Å². The summed E-state index contributed by atoms with van der Waals surface area (Å²) in [5.41, 5.74) is 14.7. The third kappa shape index (κ3) is 8.84. The fourth-order valence-electron chi connectivity index (χ4n) is 7.08. The Hall–Kier alpha value is -4.61. The number of imidazole rings is 1. The van der Waals surface area contributed by atoms with E-state index in [0.717, 1.165) is 22.4 Å². The van der Waals surface area contributed by atoms with Gasteiger partial charge in [-0.1, -0.05) is 150 Å². The Labute approximate surface area is 350 Å². The zero-order chi connectivity index (χ0) is 39.6. The third-order valence-corrected chi connectivity index (χ3v) is 11.1. The molecule has 4 nitrogen and oxygen atoms in total. The van der Waals surface area contributed by atoms with E-state index in [1.807, 2.05) is 27.7 Å². The van der Waals surface area contributed by atoms with E-state index < -0.39 is 0 Å². The zero-order valence-electron chi connectivity index (χ0n) is 34.2. The van der Waals surface area contributed by atoms with Crippen LogP contribution in [0.2, 0.25) is 0 Å². The zero-order valence-corrected chi connectivity index (χ0v) is 37.4. The molecule has 291 valence electrons. The molecule has 0 saturated heterocycles. The van der Waals surface area contributed by atoms with E-state index in [1.54, 1.807) is 11.3 Å². The van der Waals surface area contributed by atoms with Crippen LogP contribution in [0.25, 0.3) is 60.4 Å². The third-order valence-electron chi connectivity index (χ3n) is 10.3. The van der Waals surface area contributed by atoms with Gasteiger partial charge in [0.15, 0.2) is 5.78 Å². The summed E-state index contributed by atoms with van der Waals surface area (Å²) in [6, 6.07) is 37.5. The van der Waals surface area contributed by atoms with Gasteiger partial charge in [0.05, 0.1) is 22.6 Å². The molecule has 5 aromatic carbocycles. The summed E-state index contributed by atoms with van der Waals surface area (Å²) in [5, 5.41) is 14.1. The van der Waals surface area contributed by atoms with Crippen LogP contribution in [0.5, 0.6) is 0 Å². The van der Waals surface area contributed by atoms with Gasteiger partial charge in [-0.2, -0.15) is 0 Å². The fourth-order valence-corrected chi connectivity index (χ4v) is 7.90. The Bertz CT molecular complexity index is 2450. The van der Waals surface area contributed by atoms with Crippen LogP contribution < -0.4 is 0 Å². The molecule has 7 aromatic rings. The number of thiophene rings is 1. The van der Waals surface area contributed by atoms with Gasteiger partial charge in [0.1, 0.15) is 0 Å². The van der Waals surface area contributed by atoms with Crippen LogP contribution in [-0.2, 0) is 24.9 Å². The Morgan fingerprint density at radius 1 is 0.714 bits per heavy atom. The molecule has 1 radical (unpaired) electrons. The second-order valence-corrected chi connectivity index (χ2v) is 16.6. The number of hydrogen-bond acceptors (Lipinski definition) is 4. The number of aliphatic hydroxyl groups is 1. The molecule has 0 saturated carbocycles. The molecule has 2 aromatic heterocycles. The number of aromatic nitrogens is 2. The van der Waals surface area contributed by atoms with Gasteiger partial charge >= 0.3 is 0 Å². The second kappa shape index (κ2) is 18.1. The first-order chi connectivity index (χ1) is 26.3. The number of hydrogen-bond donors (Lipinski definition) is 1. The number of carbonyl (C=O) groups is 1. The Morgan fingerprint density at radius 3 is 1.91 bits per heavy atom. The van der Waals surface area contributed by atoms with Crippen LogP contribution in [0.1, 0.15) is 89.5 Å². The summed E-state index contributed by atoms with van der Waals surface area (Å²) in [6.07, 6.45) is 1.31. The van der Waals surface area contributed by atoms with E-state index >= 15 is 0 Å². The van der Waals surface area contributed by atoms with Gasteiger partial charge in [-0.25, -0.2) is 0 Å². The van der Waals surface area contributed by atoms with Crippen molar-refractivity contribution in [2.24, 2.45) is 11.8 Å². The van der Waals surface area contributed by atoms with Crippen LogP contribution in [0, 0.1) is 31.1 Å². The molecule has 0 unspecified atom stereocenters. The van der Waals surface area contributed by atoms with E-state index in [-0.39, 0.29) is 43.5 Å². The smallest absolute Gasteiger partial charge is 0.161 e. The van der Waals surface area contributed by atoms with Gasteiger partial charge in [0.2, 0.25) is 0 Å². The topological polar surface area (TPSA) is 55.1 Å². The number of aryl methyl sites for hydroxylation is 2. The molecule has 0 atom stereocenters. The molecule has 6 heteroatoms. The summed E-state index contributed by atoms with van der Waals surface area (Å²) in [6.45, 7) is 20.9. The Kier molecular flexibility index (Phi) is 13.8. The number of nitrogens with zero attached hydrogens (tertiary/aromatic N) is 2. The minimum Gasteiger partial charge on any atom is -0.512 e. The predicted octanol–water partition coefficient (Wildman–Crippen LogP) is 14.2. The first-order valence-electron chi connectivity index (χ1n) is 19.4. The van der Waals surface area contributed by atoms with E-state index in [0.29, 0.717) is 11.8 Å². The summed E-state index contributed by atoms with van der Waals surface area (Å²) in [5.74, 6) is 1.75.